The average molecular weight is 180 g/mol. The van der Waals surface area contributed by atoms with Crippen LogP contribution in [-0.2, 0) is 0 Å². The Morgan fingerprint density at radius 1 is 1.54 bits per heavy atom. The third-order valence-corrected chi connectivity index (χ3v) is 2.34. The van der Waals surface area contributed by atoms with E-state index in [0.717, 1.165) is 18.2 Å². The fourth-order valence-corrected chi connectivity index (χ4v) is 1.56. The van der Waals surface area contributed by atoms with Gasteiger partial charge in [0, 0.05) is 20.1 Å². The van der Waals surface area contributed by atoms with Gasteiger partial charge >= 0.3 is 0 Å². The summed E-state index contributed by atoms with van der Waals surface area (Å²) < 4.78 is 0. The standard InChI is InChI=1S/C11H20N2/c1-4-5-6-7-11(12-3)13-8-10(2)9-13/h6-7,10H,4-5,8-9H2,1-3H3/b7-6-,12-11?. The smallest absolute Gasteiger partial charge is 0.122 e. The molecule has 0 aromatic rings. The Hall–Kier alpha value is -0.790. The molecule has 0 amide bonds. The van der Waals surface area contributed by atoms with Crippen molar-refractivity contribution in [3.8, 4) is 0 Å². The molecule has 1 heterocycles. The third-order valence-electron chi connectivity index (χ3n) is 2.34. The number of unbranched alkanes of at least 4 members (excludes halogenated alkanes) is 1. The van der Waals surface area contributed by atoms with Crippen LogP contribution in [0.4, 0.5) is 0 Å². The van der Waals surface area contributed by atoms with Crippen molar-refractivity contribution in [3.05, 3.63) is 12.2 Å². The van der Waals surface area contributed by atoms with E-state index in [-0.39, 0.29) is 0 Å². The van der Waals surface area contributed by atoms with Crippen molar-refractivity contribution >= 4 is 5.84 Å². The maximum atomic E-state index is 4.27. The molecular formula is C11H20N2. The van der Waals surface area contributed by atoms with E-state index >= 15 is 0 Å². The predicted molar refractivity (Wildman–Crippen MR) is 58.1 cm³/mol. The summed E-state index contributed by atoms with van der Waals surface area (Å²) in [6, 6.07) is 0. The van der Waals surface area contributed by atoms with E-state index in [0.29, 0.717) is 0 Å². The van der Waals surface area contributed by atoms with Crippen LogP contribution in [0.5, 0.6) is 0 Å². The zero-order chi connectivity index (χ0) is 9.68. The van der Waals surface area contributed by atoms with Gasteiger partial charge in [0.05, 0.1) is 0 Å². The Labute approximate surface area is 81.3 Å². The maximum absolute atomic E-state index is 4.27. The Kier molecular flexibility index (Phi) is 4.00. The molecule has 1 aliphatic heterocycles. The minimum atomic E-state index is 0.844. The van der Waals surface area contributed by atoms with E-state index in [2.05, 4.69) is 35.9 Å². The molecule has 0 aromatic heterocycles. The van der Waals surface area contributed by atoms with Gasteiger partial charge in [-0.3, -0.25) is 4.99 Å². The SMILES string of the molecule is CCC/C=C\C(=NC)N1CC(C)C1. The van der Waals surface area contributed by atoms with E-state index < -0.39 is 0 Å². The fraction of sp³-hybridized carbons (Fsp3) is 0.727. The second kappa shape index (κ2) is 5.05. The molecule has 0 saturated carbocycles. The first-order valence-corrected chi connectivity index (χ1v) is 5.16. The largest absolute Gasteiger partial charge is 0.356 e. The van der Waals surface area contributed by atoms with Gasteiger partial charge in [-0.25, -0.2) is 0 Å². The van der Waals surface area contributed by atoms with Crippen molar-refractivity contribution in [1.82, 2.24) is 4.90 Å². The maximum Gasteiger partial charge on any atom is 0.122 e. The van der Waals surface area contributed by atoms with Crippen LogP contribution >= 0.6 is 0 Å². The van der Waals surface area contributed by atoms with Gasteiger partial charge in [0.15, 0.2) is 0 Å². The zero-order valence-electron chi connectivity index (χ0n) is 8.95. The normalized spacial score (nSPS) is 19.6. The lowest BCUT2D eigenvalue weighted by atomic mass is 10.0. The molecule has 74 valence electrons. The summed E-state index contributed by atoms with van der Waals surface area (Å²) in [5.74, 6) is 1.99. The minimum Gasteiger partial charge on any atom is -0.356 e. The van der Waals surface area contributed by atoms with Gasteiger partial charge in [-0.2, -0.15) is 0 Å². The number of likely N-dealkylation sites (tertiary alicyclic amines) is 1. The summed E-state index contributed by atoms with van der Waals surface area (Å²) in [6.07, 6.45) is 6.73. The highest BCUT2D eigenvalue weighted by atomic mass is 15.2. The molecule has 0 aliphatic carbocycles. The Bertz CT molecular complexity index is 200. The average Bonchev–Trinajstić information content (AvgIpc) is 2.08. The molecule has 1 rings (SSSR count). The van der Waals surface area contributed by atoms with Gasteiger partial charge in [-0.1, -0.05) is 26.3 Å². The lowest BCUT2D eigenvalue weighted by Crippen LogP contribution is -2.48. The van der Waals surface area contributed by atoms with Crippen LogP contribution in [0.1, 0.15) is 26.7 Å². The Balaban J connectivity index is 2.36. The molecule has 0 unspecified atom stereocenters. The first-order chi connectivity index (χ1) is 6.27. The molecule has 0 radical (unpaired) electrons. The number of rotatable bonds is 3. The third kappa shape index (κ3) is 2.87. The highest BCUT2D eigenvalue weighted by Gasteiger charge is 2.23. The molecule has 13 heavy (non-hydrogen) atoms. The van der Waals surface area contributed by atoms with E-state index in [1.54, 1.807) is 0 Å². The van der Waals surface area contributed by atoms with E-state index in [1.165, 1.54) is 19.5 Å². The molecule has 2 nitrogen and oxygen atoms in total. The van der Waals surface area contributed by atoms with E-state index in [4.69, 9.17) is 0 Å². The van der Waals surface area contributed by atoms with Crippen molar-refractivity contribution in [2.24, 2.45) is 10.9 Å². The second-order valence-corrected chi connectivity index (χ2v) is 3.78. The zero-order valence-corrected chi connectivity index (χ0v) is 8.95. The van der Waals surface area contributed by atoms with Crippen LogP contribution in [-0.4, -0.2) is 30.9 Å². The van der Waals surface area contributed by atoms with Crippen molar-refractivity contribution in [2.75, 3.05) is 20.1 Å². The summed E-state index contributed by atoms with van der Waals surface area (Å²) in [5.41, 5.74) is 0. The van der Waals surface area contributed by atoms with Crippen LogP contribution in [0.25, 0.3) is 0 Å². The summed E-state index contributed by atoms with van der Waals surface area (Å²) in [5, 5.41) is 0. The molecule has 0 N–H and O–H groups in total. The Morgan fingerprint density at radius 2 is 2.23 bits per heavy atom. The first-order valence-electron chi connectivity index (χ1n) is 5.16. The predicted octanol–water partition coefficient (Wildman–Crippen LogP) is 2.32. The summed E-state index contributed by atoms with van der Waals surface area (Å²) in [7, 11) is 1.87. The van der Waals surface area contributed by atoms with Crippen LogP contribution < -0.4 is 0 Å². The molecular weight excluding hydrogens is 160 g/mol. The summed E-state index contributed by atoms with van der Waals surface area (Å²) in [4.78, 5) is 6.60. The van der Waals surface area contributed by atoms with Crippen LogP contribution in [0, 0.1) is 5.92 Å². The van der Waals surface area contributed by atoms with Gasteiger partial charge in [0.25, 0.3) is 0 Å². The quantitative estimate of drug-likeness (QED) is 0.481. The number of amidine groups is 1. The summed E-state index contributed by atoms with van der Waals surface area (Å²) >= 11 is 0. The van der Waals surface area contributed by atoms with Crippen LogP contribution in [0.15, 0.2) is 17.1 Å². The lowest BCUT2D eigenvalue weighted by molar-refractivity contribution is 0.206. The van der Waals surface area contributed by atoms with Crippen molar-refractivity contribution in [1.29, 1.82) is 0 Å². The van der Waals surface area contributed by atoms with Gasteiger partial charge in [-0.05, 0) is 18.4 Å². The fourth-order valence-electron chi connectivity index (χ4n) is 1.56. The summed E-state index contributed by atoms with van der Waals surface area (Å²) in [6.45, 7) is 6.81. The number of hydrogen-bond donors (Lipinski definition) is 0. The molecule has 1 aliphatic rings. The monoisotopic (exact) mass is 180 g/mol. The lowest BCUT2D eigenvalue weighted by Gasteiger charge is -2.38. The molecule has 0 bridgehead atoms. The second-order valence-electron chi connectivity index (χ2n) is 3.78. The number of aliphatic imine (C=N–C) groups is 1. The van der Waals surface area contributed by atoms with Gasteiger partial charge in [-0.15, -0.1) is 0 Å². The molecule has 1 fully saturated rings. The van der Waals surface area contributed by atoms with Crippen molar-refractivity contribution in [2.45, 2.75) is 26.7 Å². The Morgan fingerprint density at radius 3 is 2.69 bits per heavy atom. The van der Waals surface area contributed by atoms with Gasteiger partial charge in [0.2, 0.25) is 0 Å². The van der Waals surface area contributed by atoms with E-state index in [1.807, 2.05) is 7.05 Å². The molecule has 2 heteroatoms. The number of allylic oxidation sites excluding steroid dienone is 1. The van der Waals surface area contributed by atoms with Gasteiger partial charge in [0.1, 0.15) is 5.84 Å². The first kappa shape index (κ1) is 10.3. The molecule has 0 aromatic carbocycles. The molecule has 1 saturated heterocycles. The van der Waals surface area contributed by atoms with Crippen molar-refractivity contribution < 1.29 is 0 Å². The number of nitrogens with zero attached hydrogens (tertiary/aromatic N) is 2. The number of hydrogen-bond acceptors (Lipinski definition) is 1. The topological polar surface area (TPSA) is 15.6 Å². The van der Waals surface area contributed by atoms with Crippen LogP contribution in [0.3, 0.4) is 0 Å². The van der Waals surface area contributed by atoms with Crippen molar-refractivity contribution in [3.63, 3.8) is 0 Å². The highest BCUT2D eigenvalue weighted by molar-refractivity contribution is 5.93. The molecule has 0 spiro atoms. The minimum absolute atomic E-state index is 0.844. The molecule has 0 atom stereocenters. The highest BCUT2D eigenvalue weighted by Crippen LogP contribution is 2.15. The van der Waals surface area contributed by atoms with Crippen LogP contribution in [0.2, 0.25) is 0 Å². The van der Waals surface area contributed by atoms with Gasteiger partial charge < -0.3 is 4.90 Å². The van der Waals surface area contributed by atoms with E-state index in [9.17, 15) is 0 Å².